The zero-order valence-electron chi connectivity index (χ0n) is 16.9. The summed E-state index contributed by atoms with van der Waals surface area (Å²) in [5.41, 5.74) is -0.479. The summed E-state index contributed by atoms with van der Waals surface area (Å²) < 4.78 is 4.80. The van der Waals surface area contributed by atoms with Gasteiger partial charge in [0, 0.05) is 13.1 Å². The SMILES string of the molecule is C=CCOC(=O)/C(C#N)=C1\SCC(=O)N1CC.CCN1C(=O)CS/C1=C(/C#N)C(=O)O. The van der Waals surface area contributed by atoms with Gasteiger partial charge < -0.3 is 19.6 Å². The van der Waals surface area contributed by atoms with E-state index in [1.807, 2.05) is 0 Å². The maximum Gasteiger partial charge on any atom is 0.351 e. The number of carbonyl (C=O) groups is 4. The van der Waals surface area contributed by atoms with Crippen molar-refractivity contribution in [2.75, 3.05) is 31.2 Å². The van der Waals surface area contributed by atoms with Crippen LogP contribution in [0.2, 0.25) is 0 Å². The Morgan fingerprint density at radius 1 is 1.06 bits per heavy atom. The molecule has 2 heterocycles. The van der Waals surface area contributed by atoms with Crippen LogP contribution in [0.3, 0.4) is 0 Å². The number of carboxylic acid groups (broad SMARTS) is 1. The fourth-order valence-corrected chi connectivity index (χ4v) is 4.58. The lowest BCUT2D eigenvalue weighted by Gasteiger charge is -2.14. The summed E-state index contributed by atoms with van der Waals surface area (Å²) >= 11 is 2.28. The van der Waals surface area contributed by atoms with E-state index in [4.69, 9.17) is 20.4 Å². The van der Waals surface area contributed by atoms with E-state index >= 15 is 0 Å². The van der Waals surface area contributed by atoms with E-state index in [1.54, 1.807) is 26.0 Å². The Balaban J connectivity index is 0.000000316. The third-order valence-corrected chi connectivity index (χ3v) is 5.97. The minimum atomic E-state index is -1.29. The van der Waals surface area contributed by atoms with Gasteiger partial charge in [-0.3, -0.25) is 9.59 Å². The molecule has 0 radical (unpaired) electrons. The van der Waals surface area contributed by atoms with Crippen molar-refractivity contribution in [1.29, 1.82) is 10.5 Å². The number of aliphatic carboxylic acids is 1. The van der Waals surface area contributed by atoms with Crippen molar-refractivity contribution in [3.8, 4) is 12.1 Å². The first-order chi connectivity index (χ1) is 14.8. The summed E-state index contributed by atoms with van der Waals surface area (Å²) in [6.07, 6.45) is 1.42. The number of nitrogens with zero attached hydrogens (tertiary/aromatic N) is 4. The van der Waals surface area contributed by atoms with Crippen molar-refractivity contribution in [1.82, 2.24) is 9.80 Å². The number of ether oxygens (including phenoxy) is 1. The van der Waals surface area contributed by atoms with Gasteiger partial charge in [-0.05, 0) is 13.8 Å². The molecular formula is C19H20N4O6S2. The van der Waals surface area contributed by atoms with E-state index in [0.717, 1.165) is 11.8 Å². The number of carbonyl (C=O) groups excluding carboxylic acids is 3. The van der Waals surface area contributed by atoms with Gasteiger partial charge in [0.25, 0.3) is 0 Å². The molecule has 10 nitrogen and oxygen atoms in total. The highest BCUT2D eigenvalue weighted by Crippen LogP contribution is 2.32. The minimum Gasteiger partial charge on any atom is -0.477 e. The number of thioether (sulfide) groups is 2. The molecular weight excluding hydrogens is 444 g/mol. The molecule has 0 bridgehead atoms. The molecule has 0 spiro atoms. The third-order valence-electron chi connectivity index (χ3n) is 3.79. The van der Waals surface area contributed by atoms with Gasteiger partial charge in [-0.2, -0.15) is 10.5 Å². The van der Waals surface area contributed by atoms with Gasteiger partial charge in [0.1, 0.15) is 28.8 Å². The molecule has 164 valence electrons. The molecule has 2 fully saturated rings. The molecule has 0 aliphatic carbocycles. The van der Waals surface area contributed by atoms with Gasteiger partial charge in [0.2, 0.25) is 11.8 Å². The molecule has 0 unspecified atom stereocenters. The van der Waals surface area contributed by atoms with Crippen molar-refractivity contribution < 1.29 is 29.0 Å². The molecule has 0 atom stereocenters. The van der Waals surface area contributed by atoms with Gasteiger partial charge in [-0.1, -0.05) is 36.2 Å². The van der Waals surface area contributed by atoms with Crippen molar-refractivity contribution in [2.24, 2.45) is 0 Å². The summed E-state index contributed by atoms with van der Waals surface area (Å²) in [4.78, 5) is 47.7. The van der Waals surface area contributed by atoms with Crippen molar-refractivity contribution in [3.63, 3.8) is 0 Å². The van der Waals surface area contributed by atoms with E-state index in [-0.39, 0.29) is 46.1 Å². The molecule has 2 amide bonds. The van der Waals surface area contributed by atoms with Crippen LogP contribution < -0.4 is 0 Å². The number of hydrogen-bond acceptors (Lipinski definition) is 9. The van der Waals surface area contributed by atoms with E-state index in [9.17, 15) is 19.2 Å². The number of carboxylic acids is 1. The Morgan fingerprint density at radius 3 is 1.87 bits per heavy atom. The molecule has 0 aromatic carbocycles. The minimum absolute atomic E-state index is 0.0437. The highest BCUT2D eigenvalue weighted by atomic mass is 32.2. The van der Waals surface area contributed by atoms with Crippen molar-refractivity contribution in [2.45, 2.75) is 13.8 Å². The van der Waals surface area contributed by atoms with Crippen LogP contribution in [-0.2, 0) is 23.9 Å². The molecule has 12 heteroatoms. The first-order valence-electron chi connectivity index (χ1n) is 8.93. The fourth-order valence-electron chi connectivity index (χ4n) is 2.43. The van der Waals surface area contributed by atoms with Crippen LogP contribution in [0.25, 0.3) is 0 Å². The van der Waals surface area contributed by atoms with Gasteiger partial charge in [-0.25, -0.2) is 9.59 Å². The second-order valence-electron chi connectivity index (χ2n) is 5.63. The lowest BCUT2D eigenvalue weighted by Crippen LogP contribution is -2.26. The molecule has 1 N–H and O–H groups in total. The van der Waals surface area contributed by atoms with E-state index in [0.29, 0.717) is 18.1 Å². The molecule has 2 saturated heterocycles. The van der Waals surface area contributed by atoms with E-state index in [2.05, 4.69) is 6.58 Å². The molecule has 2 aliphatic heterocycles. The summed E-state index contributed by atoms with van der Waals surface area (Å²) in [5, 5.41) is 26.9. The summed E-state index contributed by atoms with van der Waals surface area (Å²) in [7, 11) is 0. The lowest BCUT2D eigenvalue weighted by molar-refractivity contribution is -0.137. The lowest BCUT2D eigenvalue weighted by atomic mass is 10.3. The summed E-state index contributed by atoms with van der Waals surface area (Å²) in [5.74, 6) is -1.80. The molecule has 2 aliphatic rings. The van der Waals surface area contributed by atoms with Crippen molar-refractivity contribution in [3.05, 3.63) is 33.9 Å². The highest BCUT2D eigenvalue weighted by molar-refractivity contribution is 8.04. The van der Waals surface area contributed by atoms with Gasteiger partial charge in [-0.15, -0.1) is 0 Å². The van der Waals surface area contributed by atoms with Crippen LogP contribution in [0.1, 0.15) is 13.8 Å². The van der Waals surface area contributed by atoms with Gasteiger partial charge in [0.15, 0.2) is 11.1 Å². The van der Waals surface area contributed by atoms with Crippen LogP contribution >= 0.6 is 23.5 Å². The third kappa shape index (κ3) is 6.38. The van der Waals surface area contributed by atoms with Crippen LogP contribution in [0.15, 0.2) is 33.9 Å². The van der Waals surface area contributed by atoms with Crippen molar-refractivity contribution >= 4 is 47.3 Å². The smallest absolute Gasteiger partial charge is 0.351 e. The predicted molar refractivity (Wildman–Crippen MR) is 114 cm³/mol. The average Bonchev–Trinajstić information content (AvgIpc) is 3.29. The average molecular weight is 465 g/mol. The number of rotatable bonds is 6. The first-order valence-corrected chi connectivity index (χ1v) is 10.9. The number of esters is 1. The maximum atomic E-state index is 11.6. The van der Waals surface area contributed by atoms with Gasteiger partial charge >= 0.3 is 11.9 Å². The van der Waals surface area contributed by atoms with Crippen LogP contribution in [0, 0.1) is 22.7 Å². The van der Waals surface area contributed by atoms with E-state index < -0.39 is 11.9 Å². The molecule has 0 saturated carbocycles. The largest absolute Gasteiger partial charge is 0.477 e. The Bertz CT molecular complexity index is 929. The molecule has 0 aromatic rings. The Labute approximate surface area is 187 Å². The standard InChI is InChI=1S/C11H12N2O3S.C8H8N2O3S/c1-3-5-16-11(15)8(6-12)10-13(4-2)9(14)7-17-10;1-2-10-6(11)4-14-7(10)5(3-9)8(12)13/h3H,1,4-5,7H2,2H3;2,4H2,1H3,(H,12,13)/b10-8-;7-5-. The van der Waals surface area contributed by atoms with Crippen LogP contribution in [0.4, 0.5) is 0 Å². The highest BCUT2D eigenvalue weighted by Gasteiger charge is 2.31. The Hall–Kier alpha value is -3.22. The predicted octanol–water partition coefficient (Wildman–Crippen LogP) is 1.45. The normalized spacial score (nSPS) is 18.5. The molecule has 0 aromatic heterocycles. The fraction of sp³-hybridized carbons (Fsp3) is 0.368. The van der Waals surface area contributed by atoms with Gasteiger partial charge in [0.05, 0.1) is 11.5 Å². The Kier molecular flexibility index (Phi) is 10.4. The zero-order chi connectivity index (χ0) is 23.6. The first kappa shape index (κ1) is 25.8. The maximum absolute atomic E-state index is 11.6. The Morgan fingerprint density at radius 2 is 1.52 bits per heavy atom. The van der Waals surface area contributed by atoms with Crippen LogP contribution in [0.5, 0.6) is 0 Å². The van der Waals surface area contributed by atoms with E-state index in [1.165, 1.54) is 27.6 Å². The second kappa shape index (κ2) is 12.5. The quantitative estimate of drug-likeness (QED) is 0.264. The monoisotopic (exact) mass is 464 g/mol. The zero-order valence-corrected chi connectivity index (χ0v) is 18.5. The molecule has 2 rings (SSSR count). The number of amides is 2. The summed E-state index contributed by atoms with van der Waals surface area (Å²) in [6, 6.07) is 3.39. The number of nitriles is 2. The molecule has 31 heavy (non-hydrogen) atoms. The van der Waals surface area contributed by atoms with Crippen LogP contribution in [-0.4, -0.2) is 69.9 Å². The number of hydrogen-bond donors (Lipinski definition) is 1. The summed E-state index contributed by atoms with van der Waals surface area (Å²) in [6.45, 7) is 7.80. The second-order valence-corrected chi connectivity index (χ2v) is 7.56. The topological polar surface area (TPSA) is 152 Å².